The van der Waals surface area contributed by atoms with Crippen LogP contribution in [0.2, 0.25) is 10.0 Å². The van der Waals surface area contributed by atoms with Gasteiger partial charge in [0.05, 0.1) is 15.7 Å². The van der Waals surface area contributed by atoms with Crippen LogP contribution in [0.4, 0.5) is 5.69 Å². The number of nitrogens with one attached hydrogen (secondary N) is 1. The van der Waals surface area contributed by atoms with Gasteiger partial charge in [-0.25, -0.2) is 0 Å². The molecule has 0 spiro atoms. The van der Waals surface area contributed by atoms with Crippen LogP contribution in [0.3, 0.4) is 0 Å². The van der Waals surface area contributed by atoms with E-state index in [4.69, 9.17) is 40.2 Å². The Morgan fingerprint density at radius 2 is 1.82 bits per heavy atom. The number of para-hydroxylation sites is 1. The van der Waals surface area contributed by atoms with Crippen molar-refractivity contribution in [1.29, 1.82) is 0 Å². The molecular weight excluding hydrogens is 417 g/mol. The van der Waals surface area contributed by atoms with Gasteiger partial charge in [0.1, 0.15) is 10.7 Å². The van der Waals surface area contributed by atoms with E-state index in [2.05, 4.69) is 22.2 Å². The molecular formula is C20H21Cl2N3O2S. The van der Waals surface area contributed by atoms with Crippen LogP contribution in [0.15, 0.2) is 42.5 Å². The lowest BCUT2D eigenvalue weighted by atomic mass is 10.2. The Balaban J connectivity index is 1.57. The largest absolute Gasteiger partial charge is 0.482 e. The molecule has 2 aromatic carbocycles. The molecule has 1 amide bonds. The summed E-state index contributed by atoms with van der Waals surface area (Å²) in [5, 5.41) is 3.59. The molecule has 1 saturated heterocycles. The minimum absolute atomic E-state index is 0.173. The predicted octanol–water partition coefficient (Wildman–Crippen LogP) is 3.93. The lowest BCUT2D eigenvalue weighted by Gasteiger charge is -2.34. The van der Waals surface area contributed by atoms with Gasteiger partial charge in [-0.15, -0.1) is 0 Å². The third-order valence-corrected chi connectivity index (χ3v) is 5.59. The van der Waals surface area contributed by atoms with Crippen molar-refractivity contribution in [1.82, 2.24) is 9.80 Å². The van der Waals surface area contributed by atoms with Gasteiger partial charge < -0.3 is 19.9 Å². The van der Waals surface area contributed by atoms with E-state index < -0.39 is 0 Å². The number of halogens is 2. The second-order valence-electron chi connectivity index (χ2n) is 6.56. The number of anilines is 1. The molecule has 5 nitrogen and oxygen atoms in total. The van der Waals surface area contributed by atoms with Crippen LogP contribution >= 0.6 is 35.4 Å². The molecule has 0 saturated carbocycles. The molecule has 1 fully saturated rings. The summed E-state index contributed by atoms with van der Waals surface area (Å²) in [5.41, 5.74) is 1.41. The van der Waals surface area contributed by atoms with E-state index in [1.807, 2.05) is 6.07 Å². The molecule has 0 aliphatic carbocycles. The number of amides is 1. The quantitative estimate of drug-likeness (QED) is 0.717. The molecule has 0 radical (unpaired) electrons. The number of hydrogen-bond donors (Lipinski definition) is 1. The van der Waals surface area contributed by atoms with Crippen molar-refractivity contribution < 1.29 is 9.53 Å². The number of piperazine rings is 1. The first-order chi connectivity index (χ1) is 13.4. The minimum Gasteiger partial charge on any atom is -0.482 e. The zero-order valence-electron chi connectivity index (χ0n) is 15.5. The molecule has 3 rings (SSSR count). The summed E-state index contributed by atoms with van der Waals surface area (Å²) in [4.78, 5) is 17.3. The smallest absolute Gasteiger partial charge is 0.262 e. The summed E-state index contributed by atoms with van der Waals surface area (Å²) in [6.45, 7) is 3.58. The van der Waals surface area contributed by atoms with E-state index in [-0.39, 0.29) is 12.5 Å². The molecule has 148 valence electrons. The van der Waals surface area contributed by atoms with Gasteiger partial charge in [-0.2, -0.15) is 0 Å². The van der Waals surface area contributed by atoms with E-state index in [0.29, 0.717) is 21.5 Å². The maximum atomic E-state index is 12.1. The summed E-state index contributed by atoms with van der Waals surface area (Å²) >= 11 is 18.0. The Morgan fingerprint density at radius 3 is 2.50 bits per heavy atom. The first-order valence-corrected chi connectivity index (χ1v) is 10.0. The van der Waals surface area contributed by atoms with Gasteiger partial charge in [-0.05, 0) is 37.4 Å². The summed E-state index contributed by atoms with van der Waals surface area (Å²) in [6.07, 6.45) is 0. The molecule has 1 heterocycles. The lowest BCUT2D eigenvalue weighted by Crippen LogP contribution is -2.46. The molecule has 0 bridgehead atoms. The van der Waals surface area contributed by atoms with Crippen molar-refractivity contribution in [2.75, 3.05) is 45.2 Å². The van der Waals surface area contributed by atoms with Crippen molar-refractivity contribution >= 4 is 52.0 Å². The van der Waals surface area contributed by atoms with Crippen LogP contribution < -0.4 is 10.1 Å². The summed E-state index contributed by atoms with van der Waals surface area (Å²) in [7, 11) is 2.10. The Labute approximate surface area is 180 Å². The fraction of sp³-hybridized carbons (Fsp3) is 0.300. The maximum Gasteiger partial charge on any atom is 0.262 e. The molecule has 28 heavy (non-hydrogen) atoms. The van der Waals surface area contributed by atoms with E-state index in [9.17, 15) is 4.79 Å². The van der Waals surface area contributed by atoms with Crippen LogP contribution in [0.25, 0.3) is 0 Å². The molecule has 2 aromatic rings. The fourth-order valence-electron chi connectivity index (χ4n) is 2.84. The predicted molar refractivity (Wildman–Crippen MR) is 118 cm³/mol. The summed E-state index contributed by atoms with van der Waals surface area (Å²) in [5.74, 6) is 0.113. The average Bonchev–Trinajstić information content (AvgIpc) is 2.69. The second-order valence-corrected chi connectivity index (χ2v) is 7.76. The Hall–Kier alpha value is -1.86. The number of nitrogens with zero attached hydrogens (tertiary/aromatic N) is 2. The van der Waals surface area contributed by atoms with Gasteiger partial charge in [-0.3, -0.25) is 4.79 Å². The van der Waals surface area contributed by atoms with Crippen molar-refractivity contribution in [2.24, 2.45) is 0 Å². The molecule has 0 atom stereocenters. The maximum absolute atomic E-state index is 12.1. The van der Waals surface area contributed by atoms with Gasteiger partial charge in [0, 0.05) is 31.7 Å². The van der Waals surface area contributed by atoms with E-state index >= 15 is 0 Å². The molecule has 8 heteroatoms. The highest BCUT2D eigenvalue weighted by Gasteiger charge is 2.18. The number of carbonyl (C=O) groups is 1. The normalized spacial score (nSPS) is 14.6. The highest BCUT2D eigenvalue weighted by molar-refractivity contribution is 7.80. The van der Waals surface area contributed by atoms with Crippen molar-refractivity contribution in [3.8, 4) is 5.75 Å². The van der Waals surface area contributed by atoms with E-state index in [1.54, 1.807) is 36.4 Å². The van der Waals surface area contributed by atoms with Gasteiger partial charge in [-0.1, -0.05) is 47.6 Å². The van der Waals surface area contributed by atoms with E-state index in [0.717, 1.165) is 36.7 Å². The number of thiocarbonyl (C=S) groups is 1. The zero-order chi connectivity index (χ0) is 20.1. The van der Waals surface area contributed by atoms with Crippen LogP contribution in [0, 0.1) is 0 Å². The van der Waals surface area contributed by atoms with Gasteiger partial charge in [0.25, 0.3) is 5.91 Å². The summed E-state index contributed by atoms with van der Waals surface area (Å²) in [6, 6.07) is 12.4. The number of carbonyl (C=O) groups excluding carboxylic acids is 1. The Morgan fingerprint density at radius 1 is 1.11 bits per heavy atom. The molecule has 1 N–H and O–H groups in total. The number of likely N-dealkylation sites (N-methyl/N-ethyl adjacent to an activating group) is 1. The number of ether oxygens (including phenoxy) is 1. The highest BCUT2D eigenvalue weighted by atomic mass is 35.5. The van der Waals surface area contributed by atoms with Crippen molar-refractivity contribution in [3.63, 3.8) is 0 Å². The molecule has 1 aliphatic heterocycles. The third kappa shape index (κ3) is 5.35. The molecule has 1 aliphatic rings. The van der Waals surface area contributed by atoms with Crippen molar-refractivity contribution in [2.45, 2.75) is 0 Å². The average molecular weight is 438 g/mol. The third-order valence-electron chi connectivity index (χ3n) is 4.48. The SMILES string of the molecule is CN1CCN(C(=S)c2ccc(OCC(=O)Nc3ccccc3Cl)c(Cl)c2)CC1. The first kappa shape index (κ1) is 20.9. The summed E-state index contributed by atoms with van der Waals surface area (Å²) < 4.78 is 5.55. The van der Waals surface area contributed by atoms with Gasteiger partial charge in [0.15, 0.2) is 6.61 Å². The fourth-order valence-corrected chi connectivity index (χ4v) is 3.56. The minimum atomic E-state index is -0.318. The van der Waals surface area contributed by atoms with Crippen LogP contribution in [0.5, 0.6) is 5.75 Å². The molecule has 0 unspecified atom stereocenters. The lowest BCUT2D eigenvalue weighted by molar-refractivity contribution is -0.118. The first-order valence-electron chi connectivity index (χ1n) is 8.88. The van der Waals surface area contributed by atoms with Gasteiger partial charge in [0.2, 0.25) is 0 Å². The van der Waals surface area contributed by atoms with Gasteiger partial charge >= 0.3 is 0 Å². The zero-order valence-corrected chi connectivity index (χ0v) is 17.8. The van der Waals surface area contributed by atoms with Crippen LogP contribution in [-0.2, 0) is 4.79 Å². The van der Waals surface area contributed by atoms with Crippen LogP contribution in [-0.4, -0.2) is 60.5 Å². The highest BCUT2D eigenvalue weighted by Crippen LogP contribution is 2.27. The Bertz CT molecular complexity index is 870. The Kier molecular flexibility index (Phi) is 7.13. The van der Waals surface area contributed by atoms with Crippen molar-refractivity contribution in [3.05, 3.63) is 58.1 Å². The second kappa shape index (κ2) is 9.56. The number of benzene rings is 2. The monoisotopic (exact) mass is 437 g/mol. The number of rotatable bonds is 5. The molecule has 0 aromatic heterocycles. The topological polar surface area (TPSA) is 44.8 Å². The standard InChI is InChI=1S/C20H21Cl2N3O2S/c1-24-8-10-25(11-9-24)20(28)14-6-7-18(16(22)12-14)27-13-19(26)23-17-5-3-2-4-15(17)21/h2-7,12H,8-11,13H2,1H3,(H,23,26). The van der Waals surface area contributed by atoms with Crippen LogP contribution in [0.1, 0.15) is 5.56 Å². The number of hydrogen-bond acceptors (Lipinski definition) is 4. The van der Waals surface area contributed by atoms with E-state index in [1.165, 1.54) is 0 Å².